The summed E-state index contributed by atoms with van der Waals surface area (Å²) in [6, 6.07) is 1.27. The summed E-state index contributed by atoms with van der Waals surface area (Å²) in [4.78, 5) is 35.4. The standard InChI is InChI=1S/C15H16N4O2S2/c1-3-9-7-10-13(23-9)17-8-19(14(10)21)11(4-2)12(20)18-15-16-5-6-22-15/h5-8,11H,3-4H2,1-2H3,(H,16,18,20). The van der Waals surface area contributed by atoms with E-state index in [1.807, 2.05) is 19.9 Å². The fourth-order valence-electron chi connectivity index (χ4n) is 2.37. The molecule has 0 bridgehead atoms. The molecular weight excluding hydrogens is 332 g/mol. The van der Waals surface area contributed by atoms with Crippen LogP contribution >= 0.6 is 22.7 Å². The maximum atomic E-state index is 12.7. The Morgan fingerprint density at radius 1 is 1.39 bits per heavy atom. The Balaban J connectivity index is 1.97. The Bertz CT molecular complexity index is 883. The van der Waals surface area contributed by atoms with Crippen molar-refractivity contribution >= 4 is 43.9 Å². The number of nitrogens with zero attached hydrogens (tertiary/aromatic N) is 3. The molecule has 0 saturated carbocycles. The van der Waals surface area contributed by atoms with Gasteiger partial charge in [-0.1, -0.05) is 13.8 Å². The molecule has 8 heteroatoms. The average molecular weight is 348 g/mol. The first-order valence-electron chi connectivity index (χ1n) is 7.34. The van der Waals surface area contributed by atoms with E-state index in [4.69, 9.17) is 0 Å². The van der Waals surface area contributed by atoms with E-state index in [0.29, 0.717) is 16.9 Å². The van der Waals surface area contributed by atoms with Crippen LogP contribution in [-0.2, 0) is 11.2 Å². The van der Waals surface area contributed by atoms with Gasteiger partial charge in [0.05, 0.1) is 11.7 Å². The molecule has 1 atom stereocenters. The van der Waals surface area contributed by atoms with Crippen molar-refractivity contribution in [3.63, 3.8) is 0 Å². The highest BCUT2D eigenvalue weighted by Gasteiger charge is 2.22. The second kappa shape index (κ2) is 6.59. The lowest BCUT2D eigenvalue weighted by Crippen LogP contribution is -2.33. The molecular formula is C15H16N4O2S2. The molecule has 120 valence electrons. The third-order valence-electron chi connectivity index (χ3n) is 3.56. The van der Waals surface area contributed by atoms with E-state index in [9.17, 15) is 9.59 Å². The summed E-state index contributed by atoms with van der Waals surface area (Å²) >= 11 is 2.86. The lowest BCUT2D eigenvalue weighted by atomic mass is 10.2. The maximum Gasteiger partial charge on any atom is 0.262 e. The molecule has 1 N–H and O–H groups in total. The Kier molecular flexibility index (Phi) is 4.53. The van der Waals surface area contributed by atoms with Gasteiger partial charge in [-0.05, 0) is 18.9 Å². The molecule has 1 amide bonds. The quantitative estimate of drug-likeness (QED) is 0.769. The molecule has 0 radical (unpaired) electrons. The van der Waals surface area contributed by atoms with Crippen molar-refractivity contribution in [3.8, 4) is 0 Å². The SMILES string of the molecule is CCc1cc2c(=O)n(C(CC)C(=O)Nc3nccs3)cnc2s1. The summed E-state index contributed by atoms with van der Waals surface area (Å²) in [5.74, 6) is -0.253. The molecule has 3 aromatic rings. The van der Waals surface area contributed by atoms with Crippen LogP contribution < -0.4 is 10.9 Å². The lowest BCUT2D eigenvalue weighted by molar-refractivity contribution is -0.119. The van der Waals surface area contributed by atoms with Crippen molar-refractivity contribution in [2.75, 3.05) is 5.32 Å². The normalized spacial score (nSPS) is 12.4. The number of aryl methyl sites for hydroxylation is 1. The third kappa shape index (κ3) is 3.04. The molecule has 0 aliphatic carbocycles. The van der Waals surface area contributed by atoms with E-state index in [1.54, 1.807) is 11.6 Å². The minimum atomic E-state index is -0.603. The fourth-order valence-corrected chi connectivity index (χ4v) is 3.82. The van der Waals surface area contributed by atoms with Gasteiger partial charge in [0, 0.05) is 16.5 Å². The number of aromatic nitrogens is 3. The van der Waals surface area contributed by atoms with Crippen LogP contribution in [0, 0.1) is 0 Å². The summed E-state index contributed by atoms with van der Waals surface area (Å²) in [5, 5.41) is 5.64. The molecule has 0 aliphatic rings. The van der Waals surface area contributed by atoms with Gasteiger partial charge >= 0.3 is 0 Å². The zero-order valence-electron chi connectivity index (χ0n) is 12.8. The molecule has 3 rings (SSSR count). The van der Waals surface area contributed by atoms with Crippen molar-refractivity contribution in [2.24, 2.45) is 0 Å². The smallest absolute Gasteiger partial charge is 0.262 e. The number of nitrogens with one attached hydrogen (secondary N) is 1. The number of carbonyl (C=O) groups is 1. The van der Waals surface area contributed by atoms with Crippen molar-refractivity contribution in [3.05, 3.63) is 39.2 Å². The lowest BCUT2D eigenvalue weighted by Gasteiger charge is -2.16. The minimum absolute atomic E-state index is 0.174. The molecule has 3 heterocycles. The van der Waals surface area contributed by atoms with Gasteiger partial charge in [-0.25, -0.2) is 9.97 Å². The van der Waals surface area contributed by atoms with Crippen LogP contribution in [0.25, 0.3) is 10.2 Å². The molecule has 0 aliphatic heterocycles. The molecule has 0 aromatic carbocycles. The van der Waals surface area contributed by atoms with Crippen LogP contribution in [0.1, 0.15) is 31.2 Å². The first kappa shape index (κ1) is 15.8. The summed E-state index contributed by atoms with van der Waals surface area (Å²) in [6.07, 6.45) is 4.45. The van der Waals surface area contributed by atoms with Crippen LogP contribution in [0.3, 0.4) is 0 Å². The fraction of sp³-hybridized carbons (Fsp3) is 0.333. The monoisotopic (exact) mass is 348 g/mol. The Labute approximate surface area is 140 Å². The third-order valence-corrected chi connectivity index (χ3v) is 5.44. The topological polar surface area (TPSA) is 76.9 Å². The average Bonchev–Trinajstić information content (AvgIpc) is 3.19. The zero-order valence-corrected chi connectivity index (χ0v) is 14.4. The summed E-state index contributed by atoms with van der Waals surface area (Å²) in [7, 11) is 0. The largest absolute Gasteiger partial charge is 0.300 e. The zero-order chi connectivity index (χ0) is 16.4. The second-order valence-corrected chi connectivity index (χ2v) is 7.00. The number of amides is 1. The first-order chi connectivity index (χ1) is 11.1. The molecule has 3 aromatic heterocycles. The van der Waals surface area contributed by atoms with E-state index in [-0.39, 0.29) is 11.5 Å². The summed E-state index contributed by atoms with van der Waals surface area (Å²) < 4.78 is 1.41. The van der Waals surface area contributed by atoms with Gasteiger partial charge in [-0.15, -0.1) is 22.7 Å². The van der Waals surface area contributed by atoms with Gasteiger partial charge in [0.25, 0.3) is 5.56 Å². The number of carbonyl (C=O) groups excluding carboxylic acids is 1. The first-order valence-corrected chi connectivity index (χ1v) is 9.03. The minimum Gasteiger partial charge on any atom is -0.300 e. The van der Waals surface area contributed by atoms with Crippen LogP contribution in [0.5, 0.6) is 0 Å². The number of thiazole rings is 1. The van der Waals surface area contributed by atoms with E-state index in [0.717, 1.165) is 16.1 Å². The van der Waals surface area contributed by atoms with Crippen molar-refractivity contribution < 1.29 is 4.79 Å². The molecule has 0 spiro atoms. The molecule has 0 fully saturated rings. The second-order valence-electron chi connectivity index (χ2n) is 4.99. The highest BCUT2D eigenvalue weighted by molar-refractivity contribution is 7.18. The van der Waals surface area contributed by atoms with Crippen LogP contribution in [0.15, 0.2) is 28.8 Å². The van der Waals surface area contributed by atoms with Crippen LogP contribution in [0.4, 0.5) is 5.13 Å². The number of hydrogen-bond donors (Lipinski definition) is 1. The Morgan fingerprint density at radius 3 is 2.87 bits per heavy atom. The predicted molar refractivity (Wildman–Crippen MR) is 93.3 cm³/mol. The van der Waals surface area contributed by atoms with Gasteiger partial charge in [0.15, 0.2) is 5.13 Å². The summed E-state index contributed by atoms with van der Waals surface area (Å²) in [6.45, 7) is 3.91. The number of thiophene rings is 1. The Hall–Kier alpha value is -2.06. The van der Waals surface area contributed by atoms with E-state index < -0.39 is 6.04 Å². The highest BCUT2D eigenvalue weighted by Crippen LogP contribution is 2.22. The number of fused-ring (bicyclic) bond motifs is 1. The van der Waals surface area contributed by atoms with Crippen LogP contribution in [-0.4, -0.2) is 20.4 Å². The van der Waals surface area contributed by atoms with Crippen LogP contribution in [0.2, 0.25) is 0 Å². The molecule has 23 heavy (non-hydrogen) atoms. The van der Waals surface area contributed by atoms with Crippen molar-refractivity contribution in [1.29, 1.82) is 0 Å². The van der Waals surface area contributed by atoms with Crippen molar-refractivity contribution in [1.82, 2.24) is 14.5 Å². The van der Waals surface area contributed by atoms with Gasteiger partial charge in [0.1, 0.15) is 10.9 Å². The number of hydrogen-bond acceptors (Lipinski definition) is 6. The predicted octanol–water partition coefficient (Wildman–Crippen LogP) is 3.07. The van der Waals surface area contributed by atoms with Gasteiger partial charge in [-0.3, -0.25) is 14.2 Å². The van der Waals surface area contributed by atoms with Gasteiger partial charge in [0.2, 0.25) is 5.91 Å². The Morgan fingerprint density at radius 2 is 2.22 bits per heavy atom. The molecule has 1 unspecified atom stereocenters. The van der Waals surface area contributed by atoms with Crippen molar-refractivity contribution in [2.45, 2.75) is 32.7 Å². The maximum absolute atomic E-state index is 12.7. The van der Waals surface area contributed by atoms with Gasteiger partial charge in [-0.2, -0.15) is 0 Å². The van der Waals surface area contributed by atoms with E-state index in [2.05, 4.69) is 15.3 Å². The highest BCUT2D eigenvalue weighted by atomic mass is 32.1. The summed E-state index contributed by atoms with van der Waals surface area (Å²) in [5.41, 5.74) is -0.174. The molecule has 0 saturated heterocycles. The van der Waals surface area contributed by atoms with Gasteiger partial charge < -0.3 is 5.32 Å². The van der Waals surface area contributed by atoms with E-state index in [1.165, 1.54) is 33.6 Å². The van der Waals surface area contributed by atoms with E-state index >= 15 is 0 Å². The number of anilines is 1. The number of rotatable bonds is 5. The molecule has 6 nitrogen and oxygen atoms in total.